The number of carbonyl (C=O) groups excluding carboxylic acids is 3. The van der Waals surface area contributed by atoms with Gasteiger partial charge in [0.2, 0.25) is 25.1 Å². The number of esters is 2. The molecule has 5 aromatic rings. The Bertz CT molecular complexity index is 2920. The topological polar surface area (TPSA) is 224 Å². The summed E-state index contributed by atoms with van der Waals surface area (Å²) in [7, 11) is -3.72. The molecule has 2 atom stereocenters. The largest absolute Gasteiger partial charge is 0.465 e. The fourth-order valence-electron chi connectivity index (χ4n) is 9.19. The van der Waals surface area contributed by atoms with E-state index in [-0.39, 0.29) is 38.5 Å². The minimum atomic E-state index is -3.72. The summed E-state index contributed by atoms with van der Waals surface area (Å²) in [4.78, 5) is 48.1. The number of anilines is 2. The first-order valence-corrected chi connectivity index (χ1v) is 25.1. The molecule has 0 radical (unpaired) electrons. The zero-order valence-electron chi connectivity index (χ0n) is 41.1. The van der Waals surface area contributed by atoms with Gasteiger partial charge in [-0.25, -0.2) is 12.9 Å². The number of azo groups is 1. The number of rotatable bonds is 15. The molecular formula is C48H60N11O7S2+. The van der Waals surface area contributed by atoms with Crippen molar-refractivity contribution in [2.45, 2.75) is 112 Å². The van der Waals surface area contributed by atoms with E-state index >= 15 is 4.79 Å². The molecule has 1 N–H and O–H groups in total. The van der Waals surface area contributed by atoms with Gasteiger partial charge in [0, 0.05) is 47.4 Å². The highest BCUT2D eigenvalue weighted by Gasteiger charge is 2.54. The highest BCUT2D eigenvalue weighted by Crippen LogP contribution is 2.49. The number of sulfone groups is 1. The summed E-state index contributed by atoms with van der Waals surface area (Å²) in [5.41, 5.74) is 8.22. The summed E-state index contributed by atoms with van der Waals surface area (Å²) >= 11 is 0.786. The number of carbonyl (C=O) groups is 3. The second-order valence-corrected chi connectivity index (χ2v) is 21.5. The number of nitriles is 1. The molecule has 1 aliphatic heterocycles. The van der Waals surface area contributed by atoms with E-state index in [1.165, 1.54) is 9.58 Å². The maximum absolute atomic E-state index is 15.3. The zero-order valence-corrected chi connectivity index (χ0v) is 42.7. The quantitative estimate of drug-likeness (QED) is 0.0589. The number of benzene rings is 2. The van der Waals surface area contributed by atoms with E-state index in [1.807, 2.05) is 75.3 Å². The lowest BCUT2D eigenvalue weighted by Gasteiger charge is -2.41. The van der Waals surface area contributed by atoms with Gasteiger partial charge in [-0.05, 0) is 79.0 Å². The van der Waals surface area contributed by atoms with Gasteiger partial charge in [0.25, 0.3) is 5.91 Å². The molecule has 6 rings (SSSR count). The van der Waals surface area contributed by atoms with Crippen molar-refractivity contribution < 1.29 is 32.3 Å². The van der Waals surface area contributed by atoms with E-state index in [2.05, 4.69) is 45.8 Å². The molecule has 2 aromatic carbocycles. The van der Waals surface area contributed by atoms with Gasteiger partial charge in [0.1, 0.15) is 36.1 Å². The summed E-state index contributed by atoms with van der Waals surface area (Å²) in [5.74, 6) is -0.935. The van der Waals surface area contributed by atoms with Crippen LogP contribution in [0.5, 0.6) is 0 Å². The maximum Gasteiger partial charge on any atom is 0.325 e. The van der Waals surface area contributed by atoms with Gasteiger partial charge in [-0.2, -0.15) is 20.0 Å². The fourth-order valence-corrected chi connectivity index (χ4v) is 10.7. The summed E-state index contributed by atoms with van der Waals surface area (Å²) in [6, 6.07) is 11.5. The number of quaternary nitrogens is 1. The van der Waals surface area contributed by atoms with Gasteiger partial charge in [-0.3, -0.25) is 14.4 Å². The first-order valence-electron chi connectivity index (χ1n) is 22.4. The normalized spacial score (nSPS) is 16.2. The Morgan fingerprint density at radius 3 is 1.99 bits per heavy atom. The molecule has 68 heavy (non-hydrogen) atoms. The summed E-state index contributed by atoms with van der Waals surface area (Å²) in [5, 5.41) is 36.5. The summed E-state index contributed by atoms with van der Waals surface area (Å²) in [6.45, 7) is 22.6. The monoisotopic (exact) mass is 966 g/mol. The van der Waals surface area contributed by atoms with Crippen molar-refractivity contribution in [1.29, 1.82) is 5.26 Å². The molecule has 18 nitrogen and oxygen atoms in total. The number of hydrogen-bond donors (Lipinski definition) is 1. The second-order valence-electron chi connectivity index (χ2n) is 18.3. The van der Waals surface area contributed by atoms with Gasteiger partial charge in [-0.15, -0.1) is 20.4 Å². The smallest absolute Gasteiger partial charge is 0.325 e. The SMILES string of the molecule is CCOC(=O)CN(CC(=O)OCC)C(=O)C1CCC[N+]1(c1cc(C)c(N=Nc2c(C#N)c(C(C)(C)C)nn2-c2nnc(S(C)(=O)=O)s2)c(Nc2c(C)cc(C)cc2C)n1)c1c(C)cc(C)cc1C. The highest BCUT2D eigenvalue weighted by molar-refractivity contribution is 7.92. The number of amides is 1. The molecule has 360 valence electrons. The predicted molar refractivity (Wildman–Crippen MR) is 260 cm³/mol. The van der Waals surface area contributed by atoms with E-state index in [9.17, 15) is 23.3 Å². The van der Waals surface area contributed by atoms with E-state index in [0.717, 1.165) is 62.3 Å². The van der Waals surface area contributed by atoms with E-state index in [1.54, 1.807) is 13.8 Å². The molecule has 2 unspecified atom stereocenters. The lowest BCUT2D eigenvalue weighted by atomic mass is 9.90. The van der Waals surface area contributed by atoms with Gasteiger partial charge in [0.15, 0.2) is 17.7 Å². The third kappa shape index (κ3) is 10.3. The van der Waals surface area contributed by atoms with Crippen LogP contribution in [0, 0.1) is 59.8 Å². The fraction of sp³-hybridized carbons (Fsp3) is 0.458. The van der Waals surface area contributed by atoms with Gasteiger partial charge in [-0.1, -0.05) is 67.5 Å². The Morgan fingerprint density at radius 1 is 0.897 bits per heavy atom. The Morgan fingerprint density at radius 2 is 1.47 bits per heavy atom. The van der Waals surface area contributed by atoms with Crippen LogP contribution in [0.4, 0.5) is 34.5 Å². The Kier molecular flexibility index (Phi) is 15.0. The van der Waals surface area contributed by atoms with Crippen molar-refractivity contribution in [2.75, 3.05) is 44.4 Å². The Hall–Kier alpha value is -6.43. The number of nitrogens with zero attached hydrogens (tertiary/aromatic N) is 10. The lowest BCUT2D eigenvalue weighted by molar-refractivity contribution is -0.155. The standard InChI is InChI=1S/C48H60N11O7S2/c1-14-65-37(60)25-57(26-38(61)66-15-2)45(62)35-17-16-18-59(35,41-32(8)21-28(4)22-33(41)9)36-23-31(7)40(43(50-36)51-39-29(5)19-27(3)20-30(39)6)52-53-44-34(24-49)42(48(10,11)12)56-58(44)46-54-55-47(67-46)68(13,63)64/h19-23,35H,14-18,25-26H2,1-13H3,(H,50,51)/q+1. The van der Waals surface area contributed by atoms with Gasteiger partial charge in [0.05, 0.1) is 25.5 Å². The van der Waals surface area contributed by atoms with Crippen molar-refractivity contribution in [3.63, 3.8) is 0 Å². The van der Waals surface area contributed by atoms with Crippen LogP contribution in [0.15, 0.2) is 44.9 Å². The van der Waals surface area contributed by atoms with E-state index in [0.29, 0.717) is 48.0 Å². The molecule has 0 aliphatic carbocycles. The van der Waals surface area contributed by atoms with Gasteiger partial charge < -0.3 is 19.7 Å². The number of aryl methyl sites for hydroxylation is 7. The summed E-state index contributed by atoms with van der Waals surface area (Å²) < 4.78 is 36.5. The molecule has 20 heteroatoms. The third-order valence-corrected chi connectivity index (χ3v) is 14.3. The Labute approximate surface area is 401 Å². The van der Waals surface area contributed by atoms with Crippen LogP contribution < -0.4 is 9.80 Å². The lowest BCUT2D eigenvalue weighted by Crippen LogP contribution is -2.58. The number of pyridine rings is 1. The van der Waals surface area contributed by atoms with Crippen LogP contribution >= 0.6 is 11.3 Å². The van der Waals surface area contributed by atoms with Crippen molar-refractivity contribution >= 4 is 73.5 Å². The number of aromatic nitrogens is 5. The molecule has 0 bridgehead atoms. The molecule has 0 spiro atoms. The molecule has 4 heterocycles. The van der Waals surface area contributed by atoms with Crippen LogP contribution in [0.2, 0.25) is 0 Å². The number of nitrogens with one attached hydrogen (secondary N) is 1. The molecule has 1 fully saturated rings. The average molecular weight is 967 g/mol. The molecule has 0 saturated carbocycles. The molecule has 1 amide bonds. The molecule has 1 saturated heterocycles. The molecule has 3 aromatic heterocycles. The summed E-state index contributed by atoms with van der Waals surface area (Å²) in [6.07, 6.45) is 2.03. The number of ether oxygens (including phenoxy) is 2. The first kappa shape index (κ1) is 51.0. The average Bonchev–Trinajstić information content (AvgIpc) is 3.99. The minimum Gasteiger partial charge on any atom is -0.465 e. The van der Waals surface area contributed by atoms with Crippen molar-refractivity contribution in [3.05, 3.63) is 80.5 Å². The maximum atomic E-state index is 15.3. The van der Waals surface area contributed by atoms with Crippen LogP contribution in [-0.2, 0) is 39.1 Å². The van der Waals surface area contributed by atoms with Crippen molar-refractivity contribution in [3.8, 4) is 11.2 Å². The van der Waals surface area contributed by atoms with Crippen LogP contribution in [0.1, 0.15) is 97.7 Å². The van der Waals surface area contributed by atoms with E-state index < -0.39 is 52.2 Å². The zero-order chi connectivity index (χ0) is 50.0. The number of hydrogen-bond acceptors (Lipinski definition) is 16. The molecular weight excluding hydrogens is 907 g/mol. The van der Waals surface area contributed by atoms with Crippen molar-refractivity contribution in [2.24, 2.45) is 10.2 Å². The third-order valence-electron chi connectivity index (χ3n) is 11.7. The highest BCUT2D eigenvalue weighted by atomic mass is 32.2. The second kappa shape index (κ2) is 20.0. The van der Waals surface area contributed by atoms with Crippen LogP contribution in [0.3, 0.4) is 0 Å². The first-order chi connectivity index (χ1) is 31.9. The van der Waals surface area contributed by atoms with Crippen LogP contribution in [-0.4, -0.2) is 101 Å². The van der Waals surface area contributed by atoms with E-state index in [4.69, 9.17) is 29.8 Å². The molecule has 1 aliphatic rings. The van der Waals surface area contributed by atoms with Crippen LogP contribution in [0.25, 0.3) is 5.13 Å². The Balaban J connectivity index is 1.64. The van der Waals surface area contributed by atoms with Gasteiger partial charge >= 0.3 is 11.9 Å². The van der Waals surface area contributed by atoms with Crippen molar-refractivity contribution in [1.82, 2.24) is 34.3 Å². The predicted octanol–water partition coefficient (Wildman–Crippen LogP) is 8.77. The minimum absolute atomic E-state index is 0.00801.